The topological polar surface area (TPSA) is 48.8 Å². The van der Waals surface area contributed by atoms with E-state index in [1.54, 1.807) is 7.11 Å². The number of H-pyrrole nitrogens is 1. The van der Waals surface area contributed by atoms with E-state index < -0.39 is 0 Å². The Morgan fingerprint density at radius 3 is 2.53 bits per heavy atom. The maximum absolute atomic E-state index is 9.26. The largest absolute Gasteiger partial charge is 0.497 e. The molecule has 0 spiro atoms. The normalized spacial score (nSPS) is 9.95. The Morgan fingerprint density at radius 1 is 1.32 bits per heavy atom. The van der Waals surface area contributed by atoms with Crippen LogP contribution in [0, 0.1) is 16.0 Å². The van der Waals surface area contributed by atoms with Gasteiger partial charge in [0.1, 0.15) is 16.5 Å². The lowest BCUT2D eigenvalue weighted by atomic mass is 10.0. The van der Waals surface area contributed by atoms with Crippen molar-refractivity contribution in [2.75, 3.05) is 7.11 Å². The molecule has 3 nitrogen and oxygen atoms in total. The third-order valence-electron chi connectivity index (χ3n) is 2.98. The lowest BCUT2D eigenvalue weighted by molar-refractivity contribution is 0.415. The highest BCUT2D eigenvalue weighted by Crippen LogP contribution is 2.26. The molecule has 2 aromatic rings. The second kappa shape index (κ2) is 5.68. The average Bonchev–Trinajstić information content (AvgIpc) is 2.46. The highest BCUT2D eigenvalue weighted by molar-refractivity contribution is 7.71. The lowest BCUT2D eigenvalue weighted by Gasteiger charge is -2.08. The number of benzene rings is 1. The van der Waals surface area contributed by atoms with Gasteiger partial charge in [0, 0.05) is 11.3 Å². The van der Waals surface area contributed by atoms with E-state index in [1.165, 1.54) is 0 Å². The number of nitriles is 1. The number of pyridine rings is 1. The van der Waals surface area contributed by atoms with Gasteiger partial charge in [-0.2, -0.15) is 5.26 Å². The zero-order valence-corrected chi connectivity index (χ0v) is 11.7. The number of rotatable bonds is 3. The van der Waals surface area contributed by atoms with E-state index in [0.29, 0.717) is 10.2 Å². The van der Waals surface area contributed by atoms with Crippen molar-refractivity contribution in [1.82, 2.24) is 4.98 Å². The number of aromatic amines is 1. The van der Waals surface area contributed by atoms with Gasteiger partial charge in [-0.15, -0.1) is 0 Å². The fraction of sp³-hybridized carbons (Fsp3) is 0.200. The Balaban J connectivity index is 2.62. The summed E-state index contributed by atoms with van der Waals surface area (Å²) in [5.74, 6) is 0.791. The molecule has 19 heavy (non-hydrogen) atoms. The van der Waals surface area contributed by atoms with Gasteiger partial charge in [0.25, 0.3) is 0 Å². The molecule has 0 aliphatic rings. The Hall–Kier alpha value is -2.12. The zero-order valence-electron chi connectivity index (χ0n) is 10.9. The Labute approximate surface area is 117 Å². The summed E-state index contributed by atoms with van der Waals surface area (Å²) in [5, 5.41) is 9.26. The van der Waals surface area contributed by atoms with Crippen molar-refractivity contribution < 1.29 is 4.74 Å². The number of nitrogens with one attached hydrogen (secondary N) is 1. The van der Waals surface area contributed by atoms with Crippen molar-refractivity contribution in [3.63, 3.8) is 0 Å². The summed E-state index contributed by atoms with van der Waals surface area (Å²) in [5.41, 5.74) is 3.37. The third-order valence-corrected chi connectivity index (χ3v) is 3.29. The van der Waals surface area contributed by atoms with Crippen LogP contribution in [0.5, 0.6) is 5.75 Å². The molecule has 1 N–H and O–H groups in total. The molecule has 1 aromatic carbocycles. The van der Waals surface area contributed by atoms with Crippen molar-refractivity contribution in [2.24, 2.45) is 0 Å². The van der Waals surface area contributed by atoms with Crippen LogP contribution in [0.1, 0.15) is 18.2 Å². The standard InChI is InChI=1S/C15H14N2OS/c1-3-11-8-13(14(9-16)15(19)17-11)10-4-6-12(18-2)7-5-10/h4-8H,3H2,1-2H3,(H,17,19). The molecule has 0 bridgehead atoms. The molecule has 2 rings (SSSR count). The van der Waals surface area contributed by atoms with E-state index >= 15 is 0 Å². The SMILES string of the molecule is CCc1cc(-c2ccc(OC)cc2)c(C#N)c(=S)[nH]1. The summed E-state index contributed by atoms with van der Waals surface area (Å²) in [6.45, 7) is 2.05. The molecule has 0 saturated carbocycles. The van der Waals surface area contributed by atoms with E-state index in [4.69, 9.17) is 17.0 Å². The van der Waals surface area contributed by atoms with Gasteiger partial charge in [0.2, 0.25) is 0 Å². The number of ether oxygens (including phenoxy) is 1. The molecule has 96 valence electrons. The fourth-order valence-corrected chi connectivity index (χ4v) is 2.20. The first-order valence-corrected chi connectivity index (χ1v) is 6.41. The number of aryl methyl sites for hydroxylation is 1. The fourth-order valence-electron chi connectivity index (χ4n) is 1.91. The van der Waals surface area contributed by atoms with Gasteiger partial charge in [-0.3, -0.25) is 0 Å². The minimum absolute atomic E-state index is 0.493. The number of methoxy groups -OCH3 is 1. The van der Waals surface area contributed by atoms with Crippen LogP contribution in [-0.4, -0.2) is 12.1 Å². The number of nitrogens with zero attached hydrogens (tertiary/aromatic N) is 1. The molecule has 0 aliphatic heterocycles. The molecule has 0 unspecified atom stereocenters. The predicted molar refractivity (Wildman–Crippen MR) is 77.7 cm³/mol. The van der Waals surface area contributed by atoms with E-state index in [1.807, 2.05) is 37.3 Å². The van der Waals surface area contributed by atoms with Gasteiger partial charge >= 0.3 is 0 Å². The summed E-state index contributed by atoms with van der Waals surface area (Å²) in [7, 11) is 1.63. The predicted octanol–water partition coefficient (Wildman–Crippen LogP) is 3.85. The van der Waals surface area contributed by atoms with Crippen LogP contribution in [0.25, 0.3) is 11.1 Å². The summed E-state index contributed by atoms with van der Waals surface area (Å²) in [6.07, 6.45) is 0.846. The molecule has 0 aliphatic carbocycles. The van der Waals surface area contributed by atoms with E-state index in [0.717, 1.165) is 29.0 Å². The summed E-state index contributed by atoms with van der Waals surface area (Å²) < 4.78 is 5.63. The minimum atomic E-state index is 0.493. The van der Waals surface area contributed by atoms with Gasteiger partial charge in [0.15, 0.2) is 0 Å². The monoisotopic (exact) mass is 270 g/mol. The molecular formula is C15H14N2OS. The Kier molecular flexibility index (Phi) is 3.98. The van der Waals surface area contributed by atoms with Crippen LogP contribution in [0.3, 0.4) is 0 Å². The summed E-state index contributed by atoms with van der Waals surface area (Å²) in [4.78, 5) is 3.08. The summed E-state index contributed by atoms with van der Waals surface area (Å²) in [6, 6.07) is 11.8. The van der Waals surface area contributed by atoms with Gasteiger partial charge in [-0.05, 0) is 30.2 Å². The Bertz CT molecular complexity index is 681. The highest BCUT2D eigenvalue weighted by Gasteiger charge is 2.09. The van der Waals surface area contributed by atoms with Crippen molar-refractivity contribution in [2.45, 2.75) is 13.3 Å². The maximum Gasteiger partial charge on any atom is 0.122 e. The third kappa shape index (κ3) is 2.67. The van der Waals surface area contributed by atoms with Gasteiger partial charge in [-0.25, -0.2) is 0 Å². The molecule has 0 amide bonds. The van der Waals surface area contributed by atoms with Crippen LogP contribution in [0.4, 0.5) is 0 Å². The smallest absolute Gasteiger partial charge is 0.122 e. The molecule has 1 aromatic heterocycles. The van der Waals surface area contributed by atoms with Crippen molar-refractivity contribution in [3.05, 3.63) is 46.2 Å². The second-order valence-electron chi connectivity index (χ2n) is 4.11. The van der Waals surface area contributed by atoms with Crippen LogP contribution < -0.4 is 4.74 Å². The van der Waals surface area contributed by atoms with E-state index in [-0.39, 0.29) is 0 Å². The van der Waals surface area contributed by atoms with Crippen LogP contribution >= 0.6 is 12.2 Å². The number of hydrogen-bond acceptors (Lipinski definition) is 3. The minimum Gasteiger partial charge on any atom is -0.497 e. The highest BCUT2D eigenvalue weighted by atomic mass is 32.1. The first kappa shape index (κ1) is 13.3. The van der Waals surface area contributed by atoms with Crippen LogP contribution in [-0.2, 0) is 6.42 Å². The van der Waals surface area contributed by atoms with Gasteiger partial charge in [-0.1, -0.05) is 31.3 Å². The van der Waals surface area contributed by atoms with Crippen molar-refractivity contribution in [1.29, 1.82) is 5.26 Å². The van der Waals surface area contributed by atoms with E-state index in [9.17, 15) is 5.26 Å². The molecular weight excluding hydrogens is 256 g/mol. The Morgan fingerprint density at radius 2 is 2.00 bits per heavy atom. The molecule has 4 heteroatoms. The van der Waals surface area contributed by atoms with Crippen molar-refractivity contribution >= 4 is 12.2 Å². The molecule has 1 heterocycles. The van der Waals surface area contributed by atoms with Crippen molar-refractivity contribution in [3.8, 4) is 22.9 Å². The van der Waals surface area contributed by atoms with Crippen LogP contribution in [0.15, 0.2) is 30.3 Å². The first-order chi connectivity index (χ1) is 9.19. The number of aromatic nitrogens is 1. The number of hydrogen-bond donors (Lipinski definition) is 1. The maximum atomic E-state index is 9.26. The molecule has 0 saturated heterocycles. The molecule has 0 fully saturated rings. The zero-order chi connectivity index (χ0) is 13.8. The molecule has 0 atom stereocenters. The average molecular weight is 270 g/mol. The van der Waals surface area contributed by atoms with Gasteiger partial charge in [0.05, 0.1) is 12.7 Å². The van der Waals surface area contributed by atoms with Crippen LogP contribution in [0.2, 0.25) is 0 Å². The lowest BCUT2D eigenvalue weighted by Crippen LogP contribution is -1.94. The first-order valence-electron chi connectivity index (χ1n) is 6.00. The quantitative estimate of drug-likeness (QED) is 0.862. The summed E-state index contributed by atoms with van der Waals surface area (Å²) >= 11 is 5.24. The second-order valence-corrected chi connectivity index (χ2v) is 4.51. The van der Waals surface area contributed by atoms with E-state index in [2.05, 4.69) is 11.1 Å². The van der Waals surface area contributed by atoms with Gasteiger partial charge < -0.3 is 9.72 Å². The molecule has 0 radical (unpaired) electrons.